The zero-order valence-electron chi connectivity index (χ0n) is 16.2. The van der Waals surface area contributed by atoms with Crippen LogP contribution < -0.4 is 5.32 Å². The number of hydrogen-bond donors (Lipinski definition) is 1. The van der Waals surface area contributed by atoms with E-state index in [2.05, 4.69) is 52.4 Å². The van der Waals surface area contributed by atoms with Crippen LogP contribution in [0.4, 0.5) is 0 Å². The molecule has 2 aromatic rings. The van der Waals surface area contributed by atoms with Gasteiger partial charge in [-0.15, -0.1) is 0 Å². The number of nitrogens with zero attached hydrogens (tertiary/aromatic N) is 1. The van der Waals surface area contributed by atoms with Crippen molar-refractivity contribution >= 4 is 27.7 Å². The molecule has 2 amide bonds. The van der Waals surface area contributed by atoms with Crippen molar-refractivity contribution in [3.05, 3.63) is 69.7 Å². The Morgan fingerprint density at radius 2 is 1.56 bits per heavy atom. The highest BCUT2D eigenvalue weighted by atomic mass is 79.9. The van der Waals surface area contributed by atoms with Crippen LogP contribution in [0.1, 0.15) is 37.0 Å². The molecule has 2 rings (SSSR count). The van der Waals surface area contributed by atoms with Gasteiger partial charge in [0.2, 0.25) is 11.8 Å². The van der Waals surface area contributed by atoms with E-state index in [-0.39, 0.29) is 11.8 Å². The van der Waals surface area contributed by atoms with E-state index < -0.39 is 6.04 Å². The molecule has 0 aliphatic heterocycles. The van der Waals surface area contributed by atoms with Crippen molar-refractivity contribution in [2.24, 2.45) is 0 Å². The Morgan fingerprint density at radius 1 is 1.00 bits per heavy atom. The number of hydrogen-bond acceptors (Lipinski definition) is 2. The highest BCUT2D eigenvalue weighted by Crippen LogP contribution is 2.16. The summed E-state index contributed by atoms with van der Waals surface area (Å²) < 4.78 is 0.985. The van der Waals surface area contributed by atoms with Gasteiger partial charge in [0, 0.05) is 24.5 Å². The molecule has 0 unspecified atom stereocenters. The standard InChI is InChI=1S/C22H27BrN2O2/c1-4-17-5-7-18(8-6-17)11-14-21(26)25(16(2)22(27)24-3)15-19-9-12-20(23)13-10-19/h5-10,12-13,16H,4,11,14-15H2,1-3H3,(H,24,27)/t16-/m1/s1. The number of carbonyl (C=O) groups is 2. The molecule has 0 spiro atoms. The van der Waals surface area contributed by atoms with Crippen molar-refractivity contribution in [1.82, 2.24) is 10.2 Å². The summed E-state index contributed by atoms with van der Waals surface area (Å²) in [6.45, 7) is 4.31. The van der Waals surface area contributed by atoms with Crippen LogP contribution in [-0.2, 0) is 29.0 Å². The molecule has 0 saturated heterocycles. The van der Waals surface area contributed by atoms with Gasteiger partial charge in [-0.3, -0.25) is 9.59 Å². The first-order valence-corrected chi connectivity index (χ1v) is 10.1. The van der Waals surface area contributed by atoms with Crippen LogP contribution in [0.2, 0.25) is 0 Å². The zero-order valence-corrected chi connectivity index (χ0v) is 17.8. The van der Waals surface area contributed by atoms with Gasteiger partial charge in [-0.05, 0) is 48.6 Å². The van der Waals surface area contributed by atoms with Crippen molar-refractivity contribution in [1.29, 1.82) is 0 Å². The lowest BCUT2D eigenvalue weighted by molar-refractivity contribution is -0.140. The molecule has 0 saturated carbocycles. The van der Waals surface area contributed by atoms with Gasteiger partial charge in [-0.2, -0.15) is 0 Å². The Morgan fingerprint density at radius 3 is 2.11 bits per heavy atom. The maximum atomic E-state index is 12.9. The first-order valence-electron chi connectivity index (χ1n) is 9.28. The van der Waals surface area contributed by atoms with Crippen molar-refractivity contribution < 1.29 is 9.59 Å². The van der Waals surface area contributed by atoms with Crippen LogP contribution in [-0.4, -0.2) is 29.8 Å². The second-order valence-corrected chi connectivity index (χ2v) is 7.52. The molecule has 1 atom stereocenters. The first kappa shape index (κ1) is 21.2. The quantitative estimate of drug-likeness (QED) is 0.684. The molecule has 0 bridgehead atoms. The zero-order chi connectivity index (χ0) is 19.8. The lowest BCUT2D eigenvalue weighted by Crippen LogP contribution is -2.46. The highest BCUT2D eigenvalue weighted by Gasteiger charge is 2.25. The van der Waals surface area contributed by atoms with Crippen molar-refractivity contribution in [3.63, 3.8) is 0 Å². The molecule has 144 valence electrons. The minimum Gasteiger partial charge on any atom is -0.357 e. The topological polar surface area (TPSA) is 49.4 Å². The maximum Gasteiger partial charge on any atom is 0.242 e. The molecule has 0 aliphatic carbocycles. The van der Waals surface area contributed by atoms with E-state index in [1.165, 1.54) is 5.56 Å². The van der Waals surface area contributed by atoms with Crippen molar-refractivity contribution in [2.45, 2.75) is 45.7 Å². The van der Waals surface area contributed by atoms with E-state index >= 15 is 0 Å². The van der Waals surface area contributed by atoms with Crippen molar-refractivity contribution in [3.8, 4) is 0 Å². The normalized spacial score (nSPS) is 11.7. The number of halogens is 1. The van der Waals surface area contributed by atoms with Crippen LogP contribution in [0.15, 0.2) is 53.0 Å². The maximum absolute atomic E-state index is 12.9. The van der Waals surface area contributed by atoms with Gasteiger partial charge in [0.05, 0.1) is 0 Å². The third kappa shape index (κ3) is 6.21. The SMILES string of the molecule is CCc1ccc(CCC(=O)N(Cc2ccc(Br)cc2)[C@H](C)C(=O)NC)cc1. The molecule has 0 aliphatic rings. The second-order valence-electron chi connectivity index (χ2n) is 6.61. The van der Waals surface area contributed by atoms with Crippen LogP contribution in [0.5, 0.6) is 0 Å². The van der Waals surface area contributed by atoms with Gasteiger partial charge in [0.1, 0.15) is 6.04 Å². The summed E-state index contributed by atoms with van der Waals surface area (Å²) in [5.41, 5.74) is 3.42. The van der Waals surface area contributed by atoms with Crippen molar-refractivity contribution in [2.75, 3.05) is 7.05 Å². The third-order valence-electron chi connectivity index (χ3n) is 4.74. The number of benzene rings is 2. The number of aryl methyl sites for hydroxylation is 2. The Bertz CT molecular complexity index is 757. The van der Waals surface area contributed by atoms with E-state index in [1.807, 2.05) is 24.3 Å². The molecular formula is C22H27BrN2O2. The van der Waals surface area contributed by atoms with E-state index in [0.29, 0.717) is 19.4 Å². The molecule has 27 heavy (non-hydrogen) atoms. The molecule has 0 heterocycles. The molecule has 0 radical (unpaired) electrons. The van der Waals surface area contributed by atoms with Gasteiger partial charge in [-0.1, -0.05) is 59.3 Å². The fourth-order valence-electron chi connectivity index (χ4n) is 2.91. The molecule has 5 heteroatoms. The second kappa shape index (κ2) is 10.3. The fourth-order valence-corrected chi connectivity index (χ4v) is 3.18. The van der Waals surface area contributed by atoms with Crippen LogP contribution in [0.25, 0.3) is 0 Å². The highest BCUT2D eigenvalue weighted by molar-refractivity contribution is 9.10. The van der Waals surface area contributed by atoms with Gasteiger partial charge in [0.25, 0.3) is 0 Å². The van der Waals surface area contributed by atoms with Gasteiger partial charge >= 0.3 is 0 Å². The monoisotopic (exact) mass is 430 g/mol. The summed E-state index contributed by atoms with van der Waals surface area (Å²) in [5.74, 6) is -0.179. The lowest BCUT2D eigenvalue weighted by atomic mass is 10.0. The van der Waals surface area contributed by atoms with Gasteiger partial charge in [0.15, 0.2) is 0 Å². The lowest BCUT2D eigenvalue weighted by Gasteiger charge is -2.28. The summed E-state index contributed by atoms with van der Waals surface area (Å²) in [6.07, 6.45) is 2.05. The Balaban J connectivity index is 2.09. The average molecular weight is 431 g/mol. The van der Waals surface area contributed by atoms with E-state index in [4.69, 9.17) is 0 Å². The van der Waals surface area contributed by atoms with Crippen LogP contribution in [0.3, 0.4) is 0 Å². The minimum atomic E-state index is -0.520. The predicted octanol–water partition coefficient (Wildman–Crippen LogP) is 4.11. The van der Waals surface area contributed by atoms with E-state index in [0.717, 1.165) is 22.0 Å². The smallest absolute Gasteiger partial charge is 0.242 e. The number of likely N-dealkylation sites (N-methyl/N-ethyl adjacent to an activating group) is 1. The first-order chi connectivity index (χ1) is 12.9. The summed E-state index contributed by atoms with van der Waals surface area (Å²) in [5, 5.41) is 2.64. The molecule has 1 N–H and O–H groups in total. The third-order valence-corrected chi connectivity index (χ3v) is 5.27. The molecule has 0 fully saturated rings. The summed E-state index contributed by atoms with van der Waals surface area (Å²) in [7, 11) is 1.59. The van der Waals surface area contributed by atoms with Crippen LogP contribution >= 0.6 is 15.9 Å². The molecule has 0 aromatic heterocycles. The average Bonchev–Trinajstić information content (AvgIpc) is 2.70. The largest absolute Gasteiger partial charge is 0.357 e. The van der Waals surface area contributed by atoms with Gasteiger partial charge in [-0.25, -0.2) is 0 Å². The molecule has 2 aromatic carbocycles. The van der Waals surface area contributed by atoms with Crippen LogP contribution in [0, 0.1) is 0 Å². The molecular weight excluding hydrogens is 404 g/mol. The molecule has 4 nitrogen and oxygen atoms in total. The summed E-state index contributed by atoms with van der Waals surface area (Å²) >= 11 is 3.42. The summed E-state index contributed by atoms with van der Waals surface area (Å²) in [4.78, 5) is 26.7. The van der Waals surface area contributed by atoms with Gasteiger partial charge < -0.3 is 10.2 Å². The van der Waals surface area contributed by atoms with E-state index in [9.17, 15) is 9.59 Å². The Hall–Kier alpha value is -2.14. The number of nitrogens with one attached hydrogen (secondary N) is 1. The Kier molecular flexibility index (Phi) is 8.04. The number of rotatable bonds is 8. The minimum absolute atomic E-state index is 0.0198. The fraction of sp³-hybridized carbons (Fsp3) is 0.364. The number of carbonyl (C=O) groups excluding carboxylic acids is 2. The Labute approximate surface area is 170 Å². The number of amides is 2. The predicted molar refractivity (Wildman–Crippen MR) is 112 cm³/mol. The van der Waals surface area contributed by atoms with E-state index in [1.54, 1.807) is 18.9 Å². The summed E-state index contributed by atoms with van der Waals surface area (Å²) in [6, 6.07) is 15.7.